The van der Waals surface area contributed by atoms with Gasteiger partial charge in [-0.1, -0.05) is 30.0 Å². The minimum absolute atomic E-state index is 0.100. The number of benzene rings is 1. The zero-order valence-corrected chi connectivity index (χ0v) is 15.2. The second kappa shape index (κ2) is 7.55. The summed E-state index contributed by atoms with van der Waals surface area (Å²) < 4.78 is 1.60. The number of ketones is 1. The fourth-order valence-electron chi connectivity index (χ4n) is 2.21. The number of hydrogen-bond acceptors (Lipinski definition) is 8. The van der Waals surface area contributed by atoms with E-state index in [2.05, 4.69) is 20.5 Å². The van der Waals surface area contributed by atoms with Gasteiger partial charge in [-0.15, -0.1) is 16.4 Å². The lowest BCUT2D eigenvalue weighted by atomic mass is 10.1. The van der Waals surface area contributed by atoms with Crippen molar-refractivity contribution in [3.8, 4) is 11.8 Å². The van der Waals surface area contributed by atoms with Crippen LogP contribution in [0.3, 0.4) is 0 Å². The van der Waals surface area contributed by atoms with Gasteiger partial charge in [0.2, 0.25) is 5.16 Å². The summed E-state index contributed by atoms with van der Waals surface area (Å²) in [5.41, 5.74) is 2.69. The summed E-state index contributed by atoms with van der Waals surface area (Å²) >= 11 is 2.54. The Balaban J connectivity index is 1.74. The first-order valence-electron chi connectivity index (χ1n) is 7.41. The van der Waals surface area contributed by atoms with Gasteiger partial charge in [-0.2, -0.15) is 9.94 Å². The third kappa shape index (κ3) is 3.75. The fourth-order valence-corrected chi connectivity index (χ4v) is 3.86. The number of Topliss-reactive ketones (excluding diaryl/α,β-unsaturated/α-hetero) is 1. The summed E-state index contributed by atoms with van der Waals surface area (Å²) in [6, 6.07) is 9.76. The van der Waals surface area contributed by atoms with E-state index < -0.39 is 5.92 Å². The van der Waals surface area contributed by atoms with Crippen LogP contribution < -0.4 is 0 Å². The molecular weight excluding hydrogens is 356 g/mol. The molecule has 2 aromatic heterocycles. The molecule has 1 atom stereocenters. The van der Waals surface area contributed by atoms with Crippen molar-refractivity contribution < 1.29 is 4.79 Å². The molecule has 0 radical (unpaired) electrons. The van der Waals surface area contributed by atoms with Gasteiger partial charge in [-0.25, -0.2) is 4.98 Å². The molecular formula is C16H14N6OS2. The number of nitriles is 1. The van der Waals surface area contributed by atoms with Crippen LogP contribution in [0.2, 0.25) is 0 Å². The average Bonchev–Trinajstić information content (AvgIpc) is 3.23. The quantitative estimate of drug-likeness (QED) is 0.615. The number of thiazole rings is 1. The van der Waals surface area contributed by atoms with Gasteiger partial charge in [0.05, 0.1) is 17.5 Å². The second-order valence-electron chi connectivity index (χ2n) is 5.30. The average molecular weight is 370 g/mol. The molecule has 0 amide bonds. The van der Waals surface area contributed by atoms with Gasteiger partial charge in [0.1, 0.15) is 5.01 Å². The Morgan fingerprint density at radius 3 is 2.88 bits per heavy atom. The number of aryl methyl sites for hydroxylation is 2. The third-order valence-electron chi connectivity index (χ3n) is 3.46. The zero-order chi connectivity index (χ0) is 17.8. The molecule has 0 fully saturated rings. The topological polar surface area (TPSA) is 97.4 Å². The largest absolute Gasteiger partial charge is 0.297 e. The highest BCUT2D eigenvalue weighted by Gasteiger charge is 2.24. The van der Waals surface area contributed by atoms with E-state index in [1.54, 1.807) is 4.68 Å². The number of carbonyl (C=O) groups is 1. The first kappa shape index (κ1) is 17.3. The molecule has 2 heterocycles. The molecule has 25 heavy (non-hydrogen) atoms. The lowest BCUT2D eigenvalue weighted by Gasteiger charge is -2.07. The van der Waals surface area contributed by atoms with Gasteiger partial charge < -0.3 is 0 Å². The van der Waals surface area contributed by atoms with Crippen LogP contribution in [-0.4, -0.2) is 36.7 Å². The van der Waals surface area contributed by atoms with Crippen LogP contribution >= 0.6 is 23.1 Å². The van der Waals surface area contributed by atoms with E-state index in [1.807, 2.05) is 49.6 Å². The van der Waals surface area contributed by atoms with Crippen molar-refractivity contribution in [2.45, 2.75) is 24.9 Å². The normalized spacial score (nSPS) is 11.9. The number of hydrogen-bond donors (Lipinski definition) is 0. The van der Waals surface area contributed by atoms with Crippen molar-refractivity contribution in [1.82, 2.24) is 25.2 Å². The SMILES string of the molecule is Cc1csc([C@@H](C#N)C(=O)CSc2nnnn2-c2ccccc2C)n1. The van der Waals surface area contributed by atoms with Gasteiger partial charge in [0.15, 0.2) is 11.7 Å². The Kier molecular flexibility index (Phi) is 5.21. The Morgan fingerprint density at radius 1 is 1.40 bits per heavy atom. The van der Waals surface area contributed by atoms with Crippen LogP contribution in [0.15, 0.2) is 34.8 Å². The first-order valence-corrected chi connectivity index (χ1v) is 9.28. The Labute approximate surface area is 152 Å². The molecule has 0 spiro atoms. The van der Waals surface area contributed by atoms with E-state index in [0.29, 0.717) is 10.2 Å². The molecule has 0 saturated heterocycles. The second-order valence-corrected chi connectivity index (χ2v) is 7.14. The summed E-state index contributed by atoms with van der Waals surface area (Å²) in [6.07, 6.45) is 0. The van der Waals surface area contributed by atoms with Gasteiger partial charge in [0, 0.05) is 11.1 Å². The molecule has 0 aliphatic heterocycles. The van der Waals surface area contributed by atoms with E-state index in [9.17, 15) is 10.1 Å². The predicted molar refractivity (Wildman–Crippen MR) is 94.8 cm³/mol. The first-order chi connectivity index (χ1) is 12.1. The standard InChI is InChI=1S/C16H14N6OS2/c1-10-5-3-4-6-13(10)22-16(19-20-21-22)25-9-14(23)12(7-17)15-18-11(2)8-24-15/h3-6,8,12H,9H2,1-2H3/t12-/m0/s1. The number of rotatable bonds is 6. The van der Waals surface area contributed by atoms with Crippen LogP contribution in [0.1, 0.15) is 22.2 Å². The maximum Gasteiger partial charge on any atom is 0.214 e. The molecule has 3 aromatic rings. The van der Waals surface area contributed by atoms with Crippen LogP contribution in [-0.2, 0) is 4.79 Å². The molecule has 126 valence electrons. The monoisotopic (exact) mass is 370 g/mol. The lowest BCUT2D eigenvalue weighted by molar-refractivity contribution is -0.116. The van der Waals surface area contributed by atoms with E-state index in [4.69, 9.17) is 0 Å². The number of carbonyl (C=O) groups excluding carboxylic acids is 1. The van der Waals surface area contributed by atoms with Crippen LogP contribution in [0.4, 0.5) is 0 Å². The summed E-state index contributed by atoms with van der Waals surface area (Å²) in [4.78, 5) is 16.7. The molecule has 7 nitrogen and oxygen atoms in total. The summed E-state index contributed by atoms with van der Waals surface area (Å²) in [5, 5.41) is 23.9. The minimum atomic E-state index is -0.853. The molecule has 3 rings (SSSR count). The highest BCUT2D eigenvalue weighted by atomic mass is 32.2. The van der Waals surface area contributed by atoms with Crippen molar-refractivity contribution in [2.75, 3.05) is 5.75 Å². The van der Waals surface area contributed by atoms with Crippen molar-refractivity contribution in [3.63, 3.8) is 0 Å². The van der Waals surface area contributed by atoms with Gasteiger partial charge in [-0.3, -0.25) is 4.79 Å². The van der Waals surface area contributed by atoms with Crippen molar-refractivity contribution >= 4 is 28.9 Å². The Hall–Kier alpha value is -2.57. The van der Waals surface area contributed by atoms with E-state index in [0.717, 1.165) is 16.9 Å². The van der Waals surface area contributed by atoms with E-state index >= 15 is 0 Å². The smallest absolute Gasteiger partial charge is 0.214 e. The number of tetrazole rings is 1. The zero-order valence-electron chi connectivity index (χ0n) is 13.6. The molecule has 0 aliphatic carbocycles. The molecule has 0 bridgehead atoms. The van der Waals surface area contributed by atoms with Crippen molar-refractivity contribution in [3.05, 3.63) is 45.9 Å². The van der Waals surface area contributed by atoms with Gasteiger partial charge in [0.25, 0.3) is 0 Å². The van der Waals surface area contributed by atoms with Gasteiger partial charge >= 0.3 is 0 Å². The summed E-state index contributed by atoms with van der Waals surface area (Å²) in [6.45, 7) is 3.80. The predicted octanol–water partition coefficient (Wildman–Crippen LogP) is 2.70. The maximum absolute atomic E-state index is 12.4. The van der Waals surface area contributed by atoms with E-state index in [1.165, 1.54) is 23.1 Å². The van der Waals surface area contributed by atoms with Crippen LogP contribution in [0.25, 0.3) is 5.69 Å². The molecule has 0 N–H and O–H groups in total. The lowest BCUT2D eigenvalue weighted by Crippen LogP contribution is -2.14. The molecule has 0 saturated carbocycles. The molecule has 0 unspecified atom stereocenters. The number of aromatic nitrogens is 5. The van der Waals surface area contributed by atoms with Crippen LogP contribution in [0.5, 0.6) is 0 Å². The maximum atomic E-state index is 12.4. The van der Waals surface area contributed by atoms with E-state index in [-0.39, 0.29) is 11.5 Å². The highest BCUT2D eigenvalue weighted by molar-refractivity contribution is 7.99. The Morgan fingerprint density at radius 2 is 2.20 bits per heavy atom. The fraction of sp³-hybridized carbons (Fsp3) is 0.250. The Bertz CT molecular complexity index is 942. The minimum Gasteiger partial charge on any atom is -0.297 e. The van der Waals surface area contributed by atoms with Crippen LogP contribution in [0, 0.1) is 25.2 Å². The third-order valence-corrected chi connectivity index (χ3v) is 5.43. The van der Waals surface area contributed by atoms with Crippen molar-refractivity contribution in [2.24, 2.45) is 0 Å². The summed E-state index contributed by atoms with van der Waals surface area (Å²) in [7, 11) is 0. The number of para-hydroxylation sites is 1. The highest BCUT2D eigenvalue weighted by Crippen LogP contribution is 2.25. The summed E-state index contributed by atoms with van der Waals surface area (Å²) in [5.74, 6) is -0.960. The molecule has 0 aliphatic rings. The number of nitrogens with zero attached hydrogens (tertiary/aromatic N) is 6. The molecule has 1 aromatic carbocycles. The van der Waals surface area contributed by atoms with Gasteiger partial charge in [-0.05, 0) is 35.9 Å². The number of thioether (sulfide) groups is 1. The van der Waals surface area contributed by atoms with Crippen molar-refractivity contribution in [1.29, 1.82) is 5.26 Å². The molecule has 9 heteroatoms.